The van der Waals surface area contributed by atoms with Gasteiger partial charge in [0.15, 0.2) is 0 Å². The molecular formula is C18H23N5O2. The lowest BCUT2D eigenvalue weighted by atomic mass is 9.87. The van der Waals surface area contributed by atoms with Gasteiger partial charge in [-0.15, -0.1) is 0 Å². The van der Waals surface area contributed by atoms with Gasteiger partial charge in [0.05, 0.1) is 13.1 Å². The van der Waals surface area contributed by atoms with Gasteiger partial charge in [-0.2, -0.15) is 0 Å². The third-order valence-corrected chi connectivity index (χ3v) is 5.57. The second kappa shape index (κ2) is 5.75. The molecule has 2 fully saturated rings. The number of anilines is 1. The molecule has 0 radical (unpaired) electrons. The maximum atomic E-state index is 12.9. The lowest BCUT2D eigenvalue weighted by Gasteiger charge is -2.37. The second-order valence-corrected chi connectivity index (χ2v) is 7.05. The Balaban J connectivity index is 1.62. The molecule has 0 bridgehead atoms. The molecule has 4 rings (SSSR count). The van der Waals surface area contributed by atoms with Crippen molar-refractivity contribution in [2.24, 2.45) is 10.7 Å². The van der Waals surface area contributed by atoms with E-state index < -0.39 is 11.4 Å². The largest absolute Gasteiger partial charge is 0.368 e. The maximum Gasteiger partial charge on any atom is 0.325 e. The molecule has 0 aliphatic carbocycles. The van der Waals surface area contributed by atoms with Crippen molar-refractivity contribution in [2.75, 3.05) is 38.1 Å². The van der Waals surface area contributed by atoms with Crippen LogP contribution in [-0.4, -0.2) is 66.3 Å². The molecule has 7 heteroatoms. The molecule has 25 heavy (non-hydrogen) atoms. The number of nitrogens with two attached hydrogens (primary N) is 1. The highest BCUT2D eigenvalue weighted by atomic mass is 16.2. The van der Waals surface area contributed by atoms with Crippen LogP contribution in [-0.2, 0) is 4.79 Å². The summed E-state index contributed by atoms with van der Waals surface area (Å²) in [6.45, 7) is 2.67. The standard InChI is InChI=1S/C18H23N5O2/c1-21-11-9-20-15(21)13-4-6-14(7-5-13)22-12-18(16(19)24)8-2-3-10-23(18)17(22)25/h4-7H,2-3,8-12H2,1H3,(H2,19,24)/t18-/m1/s1. The predicted octanol–water partition coefficient (Wildman–Crippen LogP) is 1.03. The number of carbonyl (C=O) groups is 2. The molecule has 1 atom stereocenters. The number of benzene rings is 1. The fourth-order valence-corrected chi connectivity index (χ4v) is 4.12. The topological polar surface area (TPSA) is 82.2 Å². The van der Waals surface area contributed by atoms with Crippen LogP contribution in [0.3, 0.4) is 0 Å². The van der Waals surface area contributed by atoms with Gasteiger partial charge in [0, 0.05) is 31.4 Å². The number of likely N-dealkylation sites (N-methyl/N-ethyl adjacent to an activating group) is 1. The van der Waals surface area contributed by atoms with Crippen molar-refractivity contribution in [1.82, 2.24) is 9.80 Å². The van der Waals surface area contributed by atoms with E-state index in [1.807, 2.05) is 31.3 Å². The van der Waals surface area contributed by atoms with Crippen LogP contribution < -0.4 is 10.6 Å². The zero-order valence-corrected chi connectivity index (χ0v) is 14.4. The molecule has 3 aliphatic heterocycles. The second-order valence-electron chi connectivity index (χ2n) is 7.05. The number of hydrogen-bond donors (Lipinski definition) is 1. The summed E-state index contributed by atoms with van der Waals surface area (Å²) in [6, 6.07) is 7.70. The Bertz CT molecular complexity index is 744. The van der Waals surface area contributed by atoms with E-state index in [9.17, 15) is 9.59 Å². The van der Waals surface area contributed by atoms with Crippen molar-refractivity contribution in [1.29, 1.82) is 0 Å². The van der Waals surface area contributed by atoms with Crippen LogP contribution in [0, 0.1) is 0 Å². The fourth-order valence-electron chi connectivity index (χ4n) is 4.12. The molecule has 0 unspecified atom stereocenters. The average Bonchev–Trinajstić information content (AvgIpc) is 3.18. The zero-order valence-electron chi connectivity index (χ0n) is 14.4. The number of piperidine rings is 1. The first-order chi connectivity index (χ1) is 12.0. The van der Waals surface area contributed by atoms with Crippen LogP contribution in [0.5, 0.6) is 0 Å². The first kappa shape index (κ1) is 15.9. The van der Waals surface area contributed by atoms with E-state index in [1.54, 1.807) is 9.80 Å². The van der Waals surface area contributed by atoms with Gasteiger partial charge in [-0.05, 0) is 43.5 Å². The molecule has 3 heterocycles. The van der Waals surface area contributed by atoms with Crippen LogP contribution in [0.2, 0.25) is 0 Å². The number of primary amides is 1. The maximum absolute atomic E-state index is 12.9. The molecule has 7 nitrogen and oxygen atoms in total. The summed E-state index contributed by atoms with van der Waals surface area (Å²) >= 11 is 0. The van der Waals surface area contributed by atoms with E-state index >= 15 is 0 Å². The molecule has 0 aromatic heterocycles. The molecule has 1 aromatic rings. The Labute approximate surface area is 147 Å². The lowest BCUT2D eigenvalue weighted by molar-refractivity contribution is -0.128. The first-order valence-corrected chi connectivity index (χ1v) is 8.78. The summed E-state index contributed by atoms with van der Waals surface area (Å²) < 4.78 is 0. The molecule has 2 saturated heterocycles. The summed E-state index contributed by atoms with van der Waals surface area (Å²) in [7, 11) is 2.03. The quantitative estimate of drug-likeness (QED) is 0.891. The number of hydrogen-bond acceptors (Lipinski definition) is 4. The Morgan fingerprint density at radius 1 is 1.20 bits per heavy atom. The van der Waals surface area contributed by atoms with Gasteiger partial charge in [0.25, 0.3) is 0 Å². The Morgan fingerprint density at radius 3 is 2.56 bits per heavy atom. The molecule has 3 aliphatic rings. The third-order valence-electron chi connectivity index (χ3n) is 5.57. The number of urea groups is 1. The number of amidine groups is 1. The Hall–Kier alpha value is -2.57. The van der Waals surface area contributed by atoms with Gasteiger partial charge in [0.1, 0.15) is 11.4 Å². The Kier molecular flexibility index (Phi) is 3.67. The average molecular weight is 341 g/mol. The van der Waals surface area contributed by atoms with E-state index in [1.165, 1.54) is 0 Å². The van der Waals surface area contributed by atoms with Crippen molar-refractivity contribution in [3.63, 3.8) is 0 Å². The molecule has 132 valence electrons. The Morgan fingerprint density at radius 2 is 1.96 bits per heavy atom. The number of amides is 3. The van der Waals surface area contributed by atoms with Gasteiger partial charge in [-0.25, -0.2) is 4.79 Å². The van der Waals surface area contributed by atoms with Crippen molar-refractivity contribution in [2.45, 2.75) is 24.8 Å². The minimum absolute atomic E-state index is 0.124. The monoisotopic (exact) mass is 341 g/mol. The minimum atomic E-state index is -0.857. The fraction of sp³-hybridized carbons (Fsp3) is 0.500. The molecule has 2 N–H and O–H groups in total. The predicted molar refractivity (Wildman–Crippen MR) is 95.7 cm³/mol. The highest BCUT2D eigenvalue weighted by Gasteiger charge is 2.54. The summed E-state index contributed by atoms with van der Waals surface area (Å²) in [5.74, 6) is 0.576. The van der Waals surface area contributed by atoms with Crippen molar-refractivity contribution >= 4 is 23.5 Å². The molecule has 3 amide bonds. The minimum Gasteiger partial charge on any atom is -0.368 e. The number of carbonyl (C=O) groups excluding carboxylic acids is 2. The van der Waals surface area contributed by atoms with E-state index in [4.69, 9.17) is 5.73 Å². The number of fused-ring (bicyclic) bond motifs is 1. The van der Waals surface area contributed by atoms with E-state index in [-0.39, 0.29) is 6.03 Å². The summed E-state index contributed by atoms with van der Waals surface area (Å²) in [5.41, 5.74) is 6.67. The summed E-state index contributed by atoms with van der Waals surface area (Å²) in [5, 5.41) is 0. The van der Waals surface area contributed by atoms with Gasteiger partial charge >= 0.3 is 6.03 Å². The van der Waals surface area contributed by atoms with Crippen molar-refractivity contribution in [3.05, 3.63) is 29.8 Å². The van der Waals surface area contributed by atoms with Crippen molar-refractivity contribution < 1.29 is 9.59 Å². The van der Waals surface area contributed by atoms with E-state index in [0.29, 0.717) is 19.5 Å². The molecule has 0 saturated carbocycles. The summed E-state index contributed by atoms with van der Waals surface area (Å²) in [4.78, 5) is 35.0. The third kappa shape index (κ3) is 2.37. The number of aliphatic imine (C=N–C) groups is 1. The zero-order chi connectivity index (χ0) is 17.6. The highest BCUT2D eigenvalue weighted by Crippen LogP contribution is 2.37. The van der Waals surface area contributed by atoms with Crippen LogP contribution in [0.4, 0.5) is 10.5 Å². The van der Waals surface area contributed by atoms with E-state index in [2.05, 4.69) is 9.89 Å². The van der Waals surface area contributed by atoms with Crippen LogP contribution >= 0.6 is 0 Å². The smallest absolute Gasteiger partial charge is 0.325 e. The molecule has 1 aromatic carbocycles. The highest BCUT2D eigenvalue weighted by molar-refractivity contribution is 6.03. The van der Waals surface area contributed by atoms with Gasteiger partial charge in [-0.3, -0.25) is 14.7 Å². The van der Waals surface area contributed by atoms with Crippen LogP contribution in [0.15, 0.2) is 29.3 Å². The number of rotatable bonds is 3. The SMILES string of the molecule is CN1CCN=C1c1ccc(N2C[C@@]3(C(N)=O)CCCCN3C2=O)cc1. The lowest BCUT2D eigenvalue weighted by Crippen LogP contribution is -2.58. The number of nitrogens with zero attached hydrogens (tertiary/aromatic N) is 4. The molecule has 0 spiro atoms. The van der Waals surface area contributed by atoms with Crippen LogP contribution in [0.25, 0.3) is 0 Å². The summed E-state index contributed by atoms with van der Waals surface area (Å²) in [6.07, 6.45) is 2.48. The first-order valence-electron chi connectivity index (χ1n) is 8.78. The van der Waals surface area contributed by atoms with Crippen molar-refractivity contribution in [3.8, 4) is 0 Å². The van der Waals surface area contributed by atoms with Crippen LogP contribution in [0.1, 0.15) is 24.8 Å². The van der Waals surface area contributed by atoms with E-state index in [0.717, 1.165) is 43.0 Å². The van der Waals surface area contributed by atoms with Gasteiger partial charge < -0.3 is 15.5 Å². The van der Waals surface area contributed by atoms with Gasteiger partial charge in [0.2, 0.25) is 5.91 Å². The molecular weight excluding hydrogens is 318 g/mol. The normalized spacial score (nSPS) is 26.0. The van der Waals surface area contributed by atoms with Gasteiger partial charge in [-0.1, -0.05) is 0 Å².